The lowest BCUT2D eigenvalue weighted by molar-refractivity contribution is -0.142. The van der Waals surface area contributed by atoms with E-state index in [0.29, 0.717) is 19.5 Å². The molecule has 0 saturated carbocycles. The van der Waals surface area contributed by atoms with Gasteiger partial charge in [0.1, 0.15) is 5.01 Å². The summed E-state index contributed by atoms with van der Waals surface area (Å²) in [6.07, 6.45) is 0.523. The minimum absolute atomic E-state index is 0.0860. The first-order valence-corrected chi connectivity index (χ1v) is 11.2. The van der Waals surface area contributed by atoms with Gasteiger partial charge < -0.3 is 14.4 Å². The van der Waals surface area contributed by atoms with Crippen molar-refractivity contribution < 1.29 is 14.3 Å². The van der Waals surface area contributed by atoms with Crippen molar-refractivity contribution in [2.45, 2.75) is 39.0 Å². The van der Waals surface area contributed by atoms with Crippen LogP contribution in [0.4, 0.5) is 0 Å². The third-order valence-electron chi connectivity index (χ3n) is 5.34. The van der Waals surface area contributed by atoms with E-state index < -0.39 is 0 Å². The second kappa shape index (κ2) is 9.34. The van der Waals surface area contributed by atoms with Crippen LogP contribution in [0.2, 0.25) is 0 Å². The van der Waals surface area contributed by atoms with Crippen molar-refractivity contribution in [3.05, 3.63) is 40.9 Å². The van der Waals surface area contributed by atoms with Crippen LogP contribution >= 0.6 is 11.3 Å². The molecule has 29 heavy (non-hydrogen) atoms. The summed E-state index contributed by atoms with van der Waals surface area (Å²) in [5, 5.41) is 2.98. The molecule has 1 aromatic heterocycles. The molecule has 2 fully saturated rings. The molecule has 4 rings (SSSR count). The molecule has 6 nitrogen and oxygen atoms in total. The lowest BCUT2D eigenvalue weighted by atomic mass is 10.1. The minimum atomic E-state index is 0.0860. The molecule has 2 saturated heterocycles. The maximum atomic E-state index is 12.7. The first-order valence-electron chi connectivity index (χ1n) is 10.3. The molecule has 2 atom stereocenters. The van der Waals surface area contributed by atoms with Gasteiger partial charge in [-0.3, -0.25) is 9.69 Å². The Bertz CT molecular complexity index is 824. The number of hydrogen-bond donors (Lipinski definition) is 0. The number of amides is 1. The molecule has 0 N–H and O–H groups in total. The van der Waals surface area contributed by atoms with Crippen molar-refractivity contribution in [1.29, 1.82) is 0 Å². The maximum absolute atomic E-state index is 12.7. The minimum Gasteiger partial charge on any atom is -0.379 e. The molecule has 0 bridgehead atoms. The molecule has 7 heteroatoms. The molecule has 156 valence electrons. The van der Waals surface area contributed by atoms with Gasteiger partial charge in [-0.15, -0.1) is 11.3 Å². The number of thiazole rings is 1. The van der Waals surface area contributed by atoms with Crippen molar-refractivity contribution in [1.82, 2.24) is 14.8 Å². The number of nitrogens with zero attached hydrogens (tertiary/aromatic N) is 3. The zero-order chi connectivity index (χ0) is 20.2. The first kappa shape index (κ1) is 20.5. The van der Waals surface area contributed by atoms with E-state index in [0.717, 1.165) is 49.1 Å². The Morgan fingerprint density at radius 3 is 2.72 bits per heavy atom. The summed E-state index contributed by atoms with van der Waals surface area (Å²) in [5.74, 6) is 0.130. The van der Waals surface area contributed by atoms with Crippen LogP contribution in [-0.4, -0.2) is 72.3 Å². The average molecular weight is 416 g/mol. The van der Waals surface area contributed by atoms with E-state index >= 15 is 0 Å². The van der Waals surface area contributed by atoms with Gasteiger partial charge in [-0.25, -0.2) is 4.98 Å². The number of morpholine rings is 2. The molecule has 0 radical (unpaired) electrons. The normalized spacial score (nSPS) is 23.3. The number of carbonyl (C=O) groups excluding carboxylic acids is 1. The molecular weight excluding hydrogens is 386 g/mol. The molecule has 1 amide bonds. The van der Waals surface area contributed by atoms with Gasteiger partial charge in [0.05, 0.1) is 37.5 Å². The number of ether oxygens (including phenoxy) is 2. The van der Waals surface area contributed by atoms with Crippen molar-refractivity contribution >= 4 is 17.2 Å². The molecular formula is C22H29N3O3S. The van der Waals surface area contributed by atoms with Crippen LogP contribution in [0.15, 0.2) is 29.6 Å². The van der Waals surface area contributed by atoms with Crippen molar-refractivity contribution in [3.63, 3.8) is 0 Å². The highest BCUT2D eigenvalue weighted by Crippen LogP contribution is 2.26. The number of benzene rings is 1. The SMILES string of the molecule is CC1CN(C(=O)Cc2csc(-c3cccc(CN4CCOCC4)c3)n2)CC(C)O1. The summed E-state index contributed by atoms with van der Waals surface area (Å²) in [6, 6.07) is 8.56. The highest BCUT2D eigenvalue weighted by atomic mass is 32.1. The summed E-state index contributed by atoms with van der Waals surface area (Å²) in [5.41, 5.74) is 3.25. The standard InChI is InChI=1S/C22H29N3O3S/c1-16-12-25(13-17(2)28-16)21(26)11-20-15-29-22(23-20)19-5-3-4-18(10-19)14-24-6-8-27-9-7-24/h3-5,10,15-17H,6-9,11-14H2,1-2H3. The van der Waals surface area contributed by atoms with Gasteiger partial charge in [0.15, 0.2) is 0 Å². The summed E-state index contributed by atoms with van der Waals surface area (Å²) < 4.78 is 11.2. The van der Waals surface area contributed by atoms with Gasteiger partial charge in [0.2, 0.25) is 5.91 Å². The Hall–Kier alpha value is -1.80. The molecule has 2 aliphatic heterocycles. The van der Waals surface area contributed by atoms with Crippen LogP contribution in [0.25, 0.3) is 10.6 Å². The van der Waals surface area contributed by atoms with Gasteiger partial charge in [-0.1, -0.05) is 18.2 Å². The van der Waals surface area contributed by atoms with E-state index in [4.69, 9.17) is 14.5 Å². The Morgan fingerprint density at radius 2 is 1.97 bits per heavy atom. The van der Waals surface area contributed by atoms with E-state index in [1.54, 1.807) is 11.3 Å². The van der Waals surface area contributed by atoms with E-state index in [-0.39, 0.29) is 18.1 Å². The Morgan fingerprint density at radius 1 is 1.21 bits per heavy atom. The van der Waals surface area contributed by atoms with Gasteiger partial charge >= 0.3 is 0 Å². The number of carbonyl (C=O) groups is 1. The molecule has 1 aromatic carbocycles. The molecule has 3 heterocycles. The molecule has 2 unspecified atom stereocenters. The topological polar surface area (TPSA) is 54.9 Å². The number of rotatable bonds is 5. The van der Waals surface area contributed by atoms with Crippen molar-refractivity contribution in [2.24, 2.45) is 0 Å². The van der Waals surface area contributed by atoms with E-state index in [2.05, 4.69) is 29.2 Å². The fraction of sp³-hybridized carbons (Fsp3) is 0.545. The predicted octanol–water partition coefficient (Wildman–Crippen LogP) is 2.82. The summed E-state index contributed by atoms with van der Waals surface area (Å²) in [7, 11) is 0. The van der Waals surface area contributed by atoms with E-state index in [1.165, 1.54) is 5.56 Å². The van der Waals surface area contributed by atoms with E-state index in [9.17, 15) is 4.79 Å². The quantitative estimate of drug-likeness (QED) is 0.752. The van der Waals surface area contributed by atoms with Crippen LogP contribution in [0, 0.1) is 0 Å². The fourth-order valence-corrected chi connectivity index (χ4v) is 4.81. The fourth-order valence-electron chi connectivity index (χ4n) is 3.99. The largest absolute Gasteiger partial charge is 0.379 e. The molecule has 2 aromatic rings. The summed E-state index contributed by atoms with van der Waals surface area (Å²) in [4.78, 5) is 21.8. The average Bonchev–Trinajstić information content (AvgIpc) is 3.17. The molecule has 0 aliphatic carbocycles. The van der Waals surface area contributed by atoms with Crippen LogP contribution in [-0.2, 0) is 27.2 Å². The van der Waals surface area contributed by atoms with Gasteiger partial charge in [-0.05, 0) is 25.5 Å². The third-order valence-corrected chi connectivity index (χ3v) is 6.28. The predicted molar refractivity (Wildman–Crippen MR) is 114 cm³/mol. The zero-order valence-corrected chi connectivity index (χ0v) is 18.0. The second-order valence-electron chi connectivity index (χ2n) is 7.97. The van der Waals surface area contributed by atoms with Gasteiger partial charge in [0, 0.05) is 43.7 Å². The Balaban J connectivity index is 1.39. The highest BCUT2D eigenvalue weighted by molar-refractivity contribution is 7.13. The number of hydrogen-bond acceptors (Lipinski definition) is 6. The molecule has 0 spiro atoms. The van der Waals surface area contributed by atoms with Gasteiger partial charge in [0.25, 0.3) is 0 Å². The van der Waals surface area contributed by atoms with Crippen molar-refractivity contribution in [3.8, 4) is 10.6 Å². The molecule has 2 aliphatic rings. The monoisotopic (exact) mass is 415 g/mol. The first-order chi connectivity index (χ1) is 14.1. The third kappa shape index (κ3) is 5.42. The Kier molecular flexibility index (Phi) is 6.60. The number of aromatic nitrogens is 1. The summed E-state index contributed by atoms with van der Waals surface area (Å²) >= 11 is 1.61. The lowest BCUT2D eigenvalue weighted by Crippen LogP contribution is -2.48. The highest BCUT2D eigenvalue weighted by Gasteiger charge is 2.26. The maximum Gasteiger partial charge on any atom is 0.228 e. The zero-order valence-electron chi connectivity index (χ0n) is 17.2. The summed E-state index contributed by atoms with van der Waals surface area (Å²) in [6.45, 7) is 9.85. The van der Waals surface area contributed by atoms with Crippen LogP contribution in [0.3, 0.4) is 0 Å². The van der Waals surface area contributed by atoms with Crippen LogP contribution < -0.4 is 0 Å². The van der Waals surface area contributed by atoms with Crippen molar-refractivity contribution in [2.75, 3.05) is 39.4 Å². The van der Waals surface area contributed by atoms with Gasteiger partial charge in [-0.2, -0.15) is 0 Å². The lowest BCUT2D eigenvalue weighted by Gasteiger charge is -2.35. The van der Waals surface area contributed by atoms with Crippen LogP contribution in [0.5, 0.6) is 0 Å². The smallest absolute Gasteiger partial charge is 0.228 e. The second-order valence-corrected chi connectivity index (χ2v) is 8.82. The Labute approximate surface area is 176 Å². The van der Waals surface area contributed by atoms with Crippen LogP contribution in [0.1, 0.15) is 25.1 Å². The van der Waals surface area contributed by atoms with E-state index in [1.807, 2.05) is 24.1 Å².